The van der Waals surface area contributed by atoms with Crippen molar-refractivity contribution < 1.29 is 14.3 Å². The lowest BCUT2D eigenvalue weighted by molar-refractivity contribution is -0.124. The fourth-order valence-corrected chi connectivity index (χ4v) is 2.05. The van der Waals surface area contributed by atoms with Crippen LogP contribution in [0.5, 0.6) is 5.75 Å². The molecule has 4 nitrogen and oxygen atoms in total. The van der Waals surface area contributed by atoms with Gasteiger partial charge in [-0.15, -0.1) is 0 Å². The molecule has 0 bridgehead atoms. The topological polar surface area (TPSA) is 47.6 Å². The van der Waals surface area contributed by atoms with E-state index >= 15 is 0 Å². The van der Waals surface area contributed by atoms with Gasteiger partial charge in [0.05, 0.1) is 12.1 Å². The molecule has 1 saturated heterocycles. The lowest BCUT2D eigenvalue weighted by Gasteiger charge is -2.19. The molecule has 4 heteroatoms. The third-order valence-corrected chi connectivity index (χ3v) is 3.02. The first-order valence-electron chi connectivity index (χ1n) is 6.34. The molecule has 1 N–H and O–H groups in total. The predicted molar refractivity (Wildman–Crippen MR) is 68.5 cm³/mol. The molecule has 98 valence electrons. The van der Waals surface area contributed by atoms with Crippen LogP contribution in [-0.4, -0.2) is 31.3 Å². The van der Waals surface area contributed by atoms with Crippen LogP contribution in [0.25, 0.3) is 0 Å². The van der Waals surface area contributed by atoms with E-state index in [2.05, 4.69) is 5.32 Å². The Labute approximate surface area is 107 Å². The Morgan fingerprint density at radius 3 is 2.94 bits per heavy atom. The zero-order valence-corrected chi connectivity index (χ0v) is 10.6. The Hall–Kier alpha value is -1.55. The Morgan fingerprint density at radius 1 is 1.50 bits per heavy atom. The predicted octanol–water partition coefficient (Wildman–Crippen LogP) is 1.75. The average molecular weight is 249 g/mol. The molecule has 1 aromatic rings. The van der Waals surface area contributed by atoms with E-state index in [9.17, 15) is 4.79 Å². The maximum atomic E-state index is 11.7. The Bertz CT molecular complexity index is 374. The summed E-state index contributed by atoms with van der Waals surface area (Å²) in [6.45, 7) is 2.81. The van der Waals surface area contributed by atoms with Crippen molar-refractivity contribution in [3.8, 4) is 5.75 Å². The van der Waals surface area contributed by atoms with Gasteiger partial charge in [-0.3, -0.25) is 4.79 Å². The second-order valence-corrected chi connectivity index (χ2v) is 4.51. The SMILES string of the molecule is C[C@H](NC(=O)COc1ccccc1)[C@H]1CCCO1. The standard InChI is InChI=1S/C14H19NO3/c1-11(13-8-5-9-17-13)15-14(16)10-18-12-6-3-2-4-7-12/h2-4,6-7,11,13H,5,8-10H2,1H3,(H,15,16)/t11-,13+/m0/s1. The van der Waals surface area contributed by atoms with E-state index < -0.39 is 0 Å². The summed E-state index contributed by atoms with van der Waals surface area (Å²) in [5, 5.41) is 2.90. The van der Waals surface area contributed by atoms with E-state index in [0.29, 0.717) is 5.75 Å². The largest absolute Gasteiger partial charge is 0.484 e. The Morgan fingerprint density at radius 2 is 2.28 bits per heavy atom. The summed E-state index contributed by atoms with van der Waals surface area (Å²) in [4.78, 5) is 11.7. The van der Waals surface area contributed by atoms with Gasteiger partial charge in [0, 0.05) is 6.61 Å². The minimum atomic E-state index is -0.109. The molecule has 18 heavy (non-hydrogen) atoms. The summed E-state index contributed by atoms with van der Waals surface area (Å²) in [5.41, 5.74) is 0. The molecular formula is C14H19NO3. The molecule has 1 amide bonds. The molecule has 0 saturated carbocycles. The van der Waals surface area contributed by atoms with E-state index in [1.165, 1.54) is 0 Å². The summed E-state index contributed by atoms with van der Waals surface area (Å²) in [6.07, 6.45) is 2.23. The molecule has 0 unspecified atom stereocenters. The van der Waals surface area contributed by atoms with Gasteiger partial charge in [-0.2, -0.15) is 0 Å². The molecule has 0 aromatic heterocycles. The van der Waals surface area contributed by atoms with Gasteiger partial charge in [0.1, 0.15) is 5.75 Å². The van der Waals surface area contributed by atoms with Crippen molar-refractivity contribution in [2.75, 3.05) is 13.2 Å². The molecule has 1 aliphatic heterocycles. The number of amides is 1. The van der Waals surface area contributed by atoms with Crippen molar-refractivity contribution in [1.82, 2.24) is 5.32 Å². The van der Waals surface area contributed by atoms with Crippen LogP contribution in [0.15, 0.2) is 30.3 Å². The lowest BCUT2D eigenvalue weighted by Crippen LogP contribution is -2.42. The van der Waals surface area contributed by atoms with Gasteiger partial charge >= 0.3 is 0 Å². The number of nitrogens with one attached hydrogen (secondary N) is 1. The minimum absolute atomic E-state index is 0.0411. The molecule has 1 heterocycles. The third kappa shape index (κ3) is 3.74. The highest BCUT2D eigenvalue weighted by atomic mass is 16.5. The maximum Gasteiger partial charge on any atom is 0.258 e. The van der Waals surface area contributed by atoms with Crippen LogP contribution < -0.4 is 10.1 Å². The van der Waals surface area contributed by atoms with Gasteiger partial charge in [-0.1, -0.05) is 18.2 Å². The van der Waals surface area contributed by atoms with E-state index in [1.54, 1.807) is 0 Å². The highest BCUT2D eigenvalue weighted by molar-refractivity contribution is 5.77. The van der Waals surface area contributed by atoms with Gasteiger partial charge in [-0.25, -0.2) is 0 Å². The number of para-hydroxylation sites is 1. The van der Waals surface area contributed by atoms with Crippen molar-refractivity contribution in [3.05, 3.63) is 30.3 Å². The zero-order valence-electron chi connectivity index (χ0n) is 10.6. The highest BCUT2D eigenvalue weighted by Gasteiger charge is 2.23. The number of rotatable bonds is 5. The van der Waals surface area contributed by atoms with Crippen molar-refractivity contribution in [2.45, 2.75) is 31.9 Å². The van der Waals surface area contributed by atoms with Gasteiger partial charge in [0.15, 0.2) is 6.61 Å². The smallest absolute Gasteiger partial charge is 0.258 e. The highest BCUT2D eigenvalue weighted by Crippen LogP contribution is 2.15. The molecule has 1 fully saturated rings. The molecule has 0 aliphatic carbocycles. The summed E-state index contributed by atoms with van der Waals surface area (Å²) >= 11 is 0. The van der Waals surface area contributed by atoms with Gasteiger partial charge in [0.25, 0.3) is 5.91 Å². The van der Waals surface area contributed by atoms with Crippen molar-refractivity contribution in [1.29, 1.82) is 0 Å². The summed E-state index contributed by atoms with van der Waals surface area (Å²) in [6, 6.07) is 9.36. The number of benzene rings is 1. The van der Waals surface area contributed by atoms with E-state index in [4.69, 9.17) is 9.47 Å². The van der Waals surface area contributed by atoms with Crippen molar-refractivity contribution in [3.63, 3.8) is 0 Å². The van der Waals surface area contributed by atoms with E-state index in [1.807, 2.05) is 37.3 Å². The fraction of sp³-hybridized carbons (Fsp3) is 0.500. The normalized spacial score (nSPS) is 20.4. The first kappa shape index (κ1) is 12.9. The Balaban J connectivity index is 1.71. The number of ether oxygens (including phenoxy) is 2. The van der Waals surface area contributed by atoms with Crippen LogP contribution in [0.4, 0.5) is 0 Å². The van der Waals surface area contributed by atoms with Crippen LogP contribution in [-0.2, 0) is 9.53 Å². The van der Waals surface area contributed by atoms with Crippen molar-refractivity contribution >= 4 is 5.91 Å². The van der Waals surface area contributed by atoms with Crippen molar-refractivity contribution in [2.24, 2.45) is 0 Å². The molecular weight excluding hydrogens is 230 g/mol. The Kier molecular flexibility index (Phi) is 4.59. The second-order valence-electron chi connectivity index (χ2n) is 4.51. The minimum Gasteiger partial charge on any atom is -0.484 e. The fourth-order valence-electron chi connectivity index (χ4n) is 2.05. The monoisotopic (exact) mass is 249 g/mol. The number of carbonyl (C=O) groups excluding carboxylic acids is 1. The first-order valence-corrected chi connectivity index (χ1v) is 6.34. The molecule has 2 atom stereocenters. The van der Waals surface area contributed by atoms with Gasteiger partial charge < -0.3 is 14.8 Å². The van der Waals surface area contributed by atoms with Crippen LogP contribution in [0.1, 0.15) is 19.8 Å². The van der Waals surface area contributed by atoms with Gasteiger partial charge in [-0.05, 0) is 31.9 Å². The average Bonchev–Trinajstić information content (AvgIpc) is 2.91. The third-order valence-electron chi connectivity index (χ3n) is 3.02. The number of carbonyl (C=O) groups is 1. The summed E-state index contributed by atoms with van der Waals surface area (Å²) in [5.74, 6) is 0.597. The molecule has 2 rings (SSSR count). The first-order chi connectivity index (χ1) is 8.75. The maximum absolute atomic E-state index is 11.7. The summed E-state index contributed by atoms with van der Waals surface area (Å²) in [7, 11) is 0. The molecule has 0 radical (unpaired) electrons. The van der Waals surface area contributed by atoms with Crippen LogP contribution in [0.2, 0.25) is 0 Å². The zero-order chi connectivity index (χ0) is 12.8. The van der Waals surface area contributed by atoms with E-state index in [0.717, 1.165) is 19.4 Å². The molecule has 1 aliphatic rings. The molecule has 1 aromatic carbocycles. The second kappa shape index (κ2) is 6.40. The van der Waals surface area contributed by atoms with Crippen LogP contribution in [0, 0.1) is 0 Å². The number of hydrogen-bond donors (Lipinski definition) is 1. The summed E-state index contributed by atoms with van der Waals surface area (Å²) < 4.78 is 10.9. The van der Waals surface area contributed by atoms with Crippen LogP contribution >= 0.6 is 0 Å². The van der Waals surface area contributed by atoms with Crippen LogP contribution in [0.3, 0.4) is 0 Å². The van der Waals surface area contributed by atoms with Gasteiger partial charge in [0.2, 0.25) is 0 Å². The van der Waals surface area contributed by atoms with E-state index in [-0.39, 0.29) is 24.7 Å². The number of hydrogen-bond acceptors (Lipinski definition) is 3. The quantitative estimate of drug-likeness (QED) is 0.864. The lowest BCUT2D eigenvalue weighted by atomic mass is 10.1. The molecule has 0 spiro atoms.